The van der Waals surface area contributed by atoms with E-state index in [-0.39, 0.29) is 37.6 Å². The number of aromatic nitrogens is 1. The van der Waals surface area contributed by atoms with Crippen LogP contribution in [0.3, 0.4) is 0 Å². The van der Waals surface area contributed by atoms with Gasteiger partial charge < -0.3 is 19.9 Å². The molecule has 10 heteroatoms. The minimum atomic E-state index is -0.833. The van der Waals surface area contributed by atoms with Crippen molar-refractivity contribution in [3.05, 3.63) is 27.9 Å². The van der Waals surface area contributed by atoms with Gasteiger partial charge in [-0.3, -0.25) is 14.7 Å². The first-order chi connectivity index (χ1) is 14.4. The Hall–Kier alpha value is -2.30. The fourth-order valence-corrected chi connectivity index (χ4v) is 4.62. The van der Waals surface area contributed by atoms with Crippen LogP contribution in [0.1, 0.15) is 32.2 Å². The van der Waals surface area contributed by atoms with Crippen molar-refractivity contribution in [1.82, 2.24) is 15.2 Å². The number of carbonyl (C=O) groups excluding carboxylic acids is 1. The Morgan fingerprint density at radius 3 is 2.97 bits per heavy atom. The summed E-state index contributed by atoms with van der Waals surface area (Å²) >= 11 is 1.47. The summed E-state index contributed by atoms with van der Waals surface area (Å²) in [5.41, 5.74) is 1.20. The third kappa shape index (κ3) is 5.24. The van der Waals surface area contributed by atoms with E-state index < -0.39 is 11.9 Å². The van der Waals surface area contributed by atoms with Gasteiger partial charge in [0.05, 0.1) is 31.4 Å². The molecule has 1 saturated heterocycles. The summed E-state index contributed by atoms with van der Waals surface area (Å²) < 4.78 is 11.0. The van der Waals surface area contributed by atoms with E-state index in [1.807, 2.05) is 19.2 Å². The number of aliphatic carboxylic acids is 1. The molecule has 30 heavy (non-hydrogen) atoms. The number of esters is 1. The summed E-state index contributed by atoms with van der Waals surface area (Å²) in [6.07, 6.45) is 1.65. The predicted octanol–water partition coefficient (Wildman–Crippen LogP) is 1.51. The summed E-state index contributed by atoms with van der Waals surface area (Å²) in [7, 11) is 0. The number of carboxylic acids is 1. The molecule has 164 valence electrons. The van der Waals surface area contributed by atoms with Gasteiger partial charge in [0.15, 0.2) is 10.8 Å². The van der Waals surface area contributed by atoms with Crippen LogP contribution in [0.5, 0.6) is 0 Å². The fourth-order valence-electron chi connectivity index (χ4n) is 4.02. The van der Waals surface area contributed by atoms with E-state index in [4.69, 9.17) is 9.47 Å². The number of carbonyl (C=O) groups is 2. The van der Waals surface area contributed by atoms with Crippen LogP contribution in [0.25, 0.3) is 0 Å². The molecular formula is C20H28N4O5S. The Morgan fingerprint density at radius 1 is 1.50 bits per heavy atom. The number of amidine groups is 1. The number of nitrogens with one attached hydrogen (secondary N) is 1. The molecule has 0 radical (unpaired) electrons. The smallest absolute Gasteiger partial charge is 0.337 e. The number of rotatable bonds is 8. The van der Waals surface area contributed by atoms with Crippen molar-refractivity contribution < 1.29 is 24.2 Å². The van der Waals surface area contributed by atoms with Gasteiger partial charge in [0, 0.05) is 42.8 Å². The third-order valence-electron chi connectivity index (χ3n) is 5.29. The summed E-state index contributed by atoms with van der Waals surface area (Å²) in [5.74, 6) is -0.705. The molecule has 0 aliphatic carbocycles. The number of hydrogen-bond acceptors (Lipinski definition) is 9. The lowest BCUT2D eigenvalue weighted by molar-refractivity contribution is -0.140. The molecule has 2 unspecified atom stereocenters. The Bertz CT molecular complexity index is 823. The zero-order chi connectivity index (χ0) is 21.7. The predicted molar refractivity (Wildman–Crippen MR) is 113 cm³/mol. The molecular weight excluding hydrogens is 408 g/mol. The van der Waals surface area contributed by atoms with Crippen LogP contribution >= 0.6 is 11.3 Å². The SMILES string of the molecule is CCOC(=O)C1=C(CN2CCO[C@H](C)C2C(C)CC(=O)O)NC(c2nccs2)=NC1. The lowest BCUT2D eigenvalue weighted by Crippen LogP contribution is -2.55. The highest BCUT2D eigenvalue weighted by atomic mass is 32.1. The van der Waals surface area contributed by atoms with Gasteiger partial charge in [-0.25, -0.2) is 9.78 Å². The van der Waals surface area contributed by atoms with Crippen molar-refractivity contribution in [2.45, 2.75) is 39.3 Å². The molecule has 2 N–H and O–H groups in total. The Morgan fingerprint density at radius 2 is 2.30 bits per heavy atom. The van der Waals surface area contributed by atoms with Crippen molar-refractivity contribution in [3.63, 3.8) is 0 Å². The first kappa shape index (κ1) is 22.4. The molecule has 0 bridgehead atoms. The second-order valence-electron chi connectivity index (χ2n) is 7.42. The number of nitrogens with zero attached hydrogens (tertiary/aromatic N) is 3. The normalized spacial score (nSPS) is 23.5. The summed E-state index contributed by atoms with van der Waals surface area (Å²) in [6.45, 7) is 7.79. The van der Waals surface area contributed by atoms with Gasteiger partial charge in [-0.1, -0.05) is 6.92 Å². The van der Waals surface area contributed by atoms with Crippen LogP contribution in [-0.4, -0.2) is 77.8 Å². The molecule has 3 rings (SSSR count). The van der Waals surface area contributed by atoms with E-state index in [0.717, 1.165) is 10.7 Å². The van der Waals surface area contributed by atoms with Gasteiger partial charge in [-0.15, -0.1) is 11.3 Å². The summed E-state index contributed by atoms with van der Waals surface area (Å²) in [4.78, 5) is 34.8. The average molecular weight is 437 g/mol. The first-order valence-corrected chi connectivity index (χ1v) is 11.0. The Balaban J connectivity index is 1.85. The van der Waals surface area contributed by atoms with Crippen molar-refractivity contribution >= 4 is 29.1 Å². The van der Waals surface area contributed by atoms with Crippen LogP contribution in [0.15, 0.2) is 27.8 Å². The van der Waals surface area contributed by atoms with Gasteiger partial charge in [-0.05, 0) is 19.8 Å². The van der Waals surface area contributed by atoms with Gasteiger partial charge in [0.2, 0.25) is 0 Å². The Labute approximate surface area is 179 Å². The highest BCUT2D eigenvalue weighted by Crippen LogP contribution is 2.26. The minimum Gasteiger partial charge on any atom is -0.481 e. The van der Waals surface area contributed by atoms with Crippen molar-refractivity contribution in [1.29, 1.82) is 0 Å². The molecule has 9 nitrogen and oxygen atoms in total. The lowest BCUT2D eigenvalue weighted by atomic mass is 9.91. The second kappa shape index (κ2) is 10.1. The molecule has 0 amide bonds. The largest absolute Gasteiger partial charge is 0.481 e. The first-order valence-electron chi connectivity index (χ1n) is 10.1. The van der Waals surface area contributed by atoms with Gasteiger partial charge >= 0.3 is 11.9 Å². The maximum absolute atomic E-state index is 12.5. The van der Waals surface area contributed by atoms with E-state index in [9.17, 15) is 14.7 Å². The van der Waals surface area contributed by atoms with Crippen molar-refractivity contribution in [2.24, 2.45) is 10.9 Å². The number of morpholine rings is 1. The zero-order valence-corrected chi connectivity index (χ0v) is 18.3. The maximum Gasteiger partial charge on any atom is 0.337 e. The van der Waals surface area contributed by atoms with E-state index in [2.05, 4.69) is 20.2 Å². The molecule has 2 aliphatic heterocycles. The second-order valence-corrected chi connectivity index (χ2v) is 8.31. The van der Waals surface area contributed by atoms with Crippen LogP contribution in [0.2, 0.25) is 0 Å². The topological polar surface area (TPSA) is 113 Å². The molecule has 1 aromatic heterocycles. The number of carboxylic acid groups (broad SMARTS) is 1. The van der Waals surface area contributed by atoms with Gasteiger partial charge in [0.1, 0.15) is 0 Å². The maximum atomic E-state index is 12.5. The van der Waals surface area contributed by atoms with Crippen molar-refractivity contribution in [3.8, 4) is 0 Å². The van der Waals surface area contributed by atoms with Crippen LogP contribution in [0.4, 0.5) is 0 Å². The van der Waals surface area contributed by atoms with E-state index in [1.54, 1.807) is 13.1 Å². The number of hydrogen-bond donors (Lipinski definition) is 2. The molecule has 3 heterocycles. The van der Waals surface area contributed by atoms with E-state index in [1.165, 1.54) is 11.3 Å². The van der Waals surface area contributed by atoms with Crippen molar-refractivity contribution in [2.75, 3.05) is 32.8 Å². The molecule has 1 aromatic rings. The molecule has 2 aliphatic rings. The van der Waals surface area contributed by atoms with E-state index >= 15 is 0 Å². The summed E-state index contributed by atoms with van der Waals surface area (Å²) in [5, 5.41) is 15.2. The number of thiazole rings is 1. The monoisotopic (exact) mass is 436 g/mol. The zero-order valence-electron chi connectivity index (χ0n) is 17.5. The molecule has 0 saturated carbocycles. The molecule has 0 spiro atoms. The molecule has 0 aromatic carbocycles. The van der Waals surface area contributed by atoms with Crippen LogP contribution in [-0.2, 0) is 19.1 Å². The molecule has 3 atom stereocenters. The lowest BCUT2D eigenvalue weighted by Gasteiger charge is -2.43. The van der Waals surface area contributed by atoms with Gasteiger partial charge in [0.25, 0.3) is 0 Å². The van der Waals surface area contributed by atoms with Crippen LogP contribution in [0, 0.1) is 5.92 Å². The highest BCUT2D eigenvalue weighted by Gasteiger charge is 2.36. The average Bonchev–Trinajstić information content (AvgIpc) is 3.22. The quantitative estimate of drug-likeness (QED) is 0.590. The fraction of sp³-hybridized carbons (Fsp3) is 0.600. The minimum absolute atomic E-state index is 0.0535. The van der Waals surface area contributed by atoms with Crippen LogP contribution < -0.4 is 5.32 Å². The number of ether oxygens (including phenoxy) is 2. The van der Waals surface area contributed by atoms with E-state index in [0.29, 0.717) is 31.1 Å². The van der Waals surface area contributed by atoms with Gasteiger partial charge in [-0.2, -0.15) is 0 Å². The highest BCUT2D eigenvalue weighted by molar-refractivity contribution is 7.11. The third-order valence-corrected chi connectivity index (χ3v) is 6.07. The Kier molecular flexibility index (Phi) is 7.57. The molecule has 1 fully saturated rings. The standard InChI is InChI=1S/C20H28N4O5S/c1-4-28-20(27)14-10-22-18(19-21-5-8-30-19)23-15(14)11-24-6-7-29-13(3)17(24)12(2)9-16(25)26/h5,8,12-13,17H,4,6-7,9-11H2,1-3H3,(H,22,23)(H,25,26)/t12?,13-,17?/m1/s1. The summed E-state index contributed by atoms with van der Waals surface area (Å²) in [6, 6.07) is -0.0882. The number of aliphatic imine (C=N–C) groups is 1.